The standard InChI is InChI=1S/C15H21N5O4/c21-5-9-11(22)12(23)15(24-9)20-7-18-10-13(16-6-17-14(10)20)19-8-3-1-2-4-8/h6-9,11-12,15,21-23H,1-5H2,(H,16,17,19)/t9-,11-,12-,15-/m0/s1. The Balaban J connectivity index is 1.65. The molecule has 9 heteroatoms. The summed E-state index contributed by atoms with van der Waals surface area (Å²) in [5.74, 6) is 0.664. The van der Waals surface area contributed by atoms with Crippen molar-refractivity contribution in [3.8, 4) is 0 Å². The molecule has 2 fully saturated rings. The Bertz CT molecular complexity index is 717. The van der Waals surface area contributed by atoms with Crippen LogP contribution >= 0.6 is 0 Å². The number of aliphatic hydroxyl groups is 3. The molecular weight excluding hydrogens is 314 g/mol. The number of anilines is 1. The van der Waals surface area contributed by atoms with E-state index in [2.05, 4.69) is 20.3 Å². The van der Waals surface area contributed by atoms with Crippen LogP contribution < -0.4 is 5.32 Å². The summed E-state index contributed by atoms with van der Waals surface area (Å²) in [6.45, 7) is -0.370. The second-order valence-electron chi connectivity index (χ2n) is 6.40. The molecule has 130 valence electrons. The van der Waals surface area contributed by atoms with Crippen molar-refractivity contribution in [1.82, 2.24) is 19.5 Å². The molecule has 2 aromatic heterocycles. The summed E-state index contributed by atoms with van der Waals surface area (Å²) in [6, 6.07) is 0.391. The van der Waals surface area contributed by atoms with Gasteiger partial charge >= 0.3 is 0 Å². The molecule has 0 spiro atoms. The lowest BCUT2D eigenvalue weighted by atomic mass is 10.1. The predicted octanol–water partition coefficient (Wildman–Crippen LogP) is -0.208. The average molecular weight is 335 g/mol. The van der Waals surface area contributed by atoms with E-state index in [0.717, 1.165) is 12.8 Å². The lowest BCUT2D eigenvalue weighted by molar-refractivity contribution is -0.0511. The van der Waals surface area contributed by atoms with Crippen molar-refractivity contribution in [2.45, 2.75) is 56.3 Å². The van der Waals surface area contributed by atoms with Crippen LogP contribution in [0.4, 0.5) is 5.82 Å². The Kier molecular flexibility index (Phi) is 4.09. The highest BCUT2D eigenvalue weighted by molar-refractivity contribution is 5.82. The third kappa shape index (κ3) is 2.53. The van der Waals surface area contributed by atoms with Gasteiger partial charge < -0.3 is 25.4 Å². The minimum absolute atomic E-state index is 0.370. The van der Waals surface area contributed by atoms with Crippen LogP contribution in [0.3, 0.4) is 0 Å². The van der Waals surface area contributed by atoms with Crippen LogP contribution in [0, 0.1) is 0 Å². The van der Waals surface area contributed by atoms with Crippen molar-refractivity contribution in [1.29, 1.82) is 0 Å². The maximum atomic E-state index is 10.2. The summed E-state index contributed by atoms with van der Waals surface area (Å²) in [5.41, 5.74) is 1.11. The van der Waals surface area contributed by atoms with Crippen LogP contribution in [-0.4, -0.2) is 65.8 Å². The van der Waals surface area contributed by atoms with E-state index in [9.17, 15) is 15.3 Å². The quantitative estimate of drug-likeness (QED) is 0.605. The fourth-order valence-corrected chi connectivity index (χ4v) is 3.52. The number of hydrogen-bond donors (Lipinski definition) is 4. The average Bonchev–Trinajstić information content (AvgIpc) is 3.30. The lowest BCUT2D eigenvalue weighted by Crippen LogP contribution is -2.33. The molecule has 2 aromatic rings. The fourth-order valence-electron chi connectivity index (χ4n) is 3.52. The maximum Gasteiger partial charge on any atom is 0.167 e. The van der Waals surface area contributed by atoms with E-state index >= 15 is 0 Å². The van der Waals surface area contributed by atoms with Crippen molar-refractivity contribution in [3.63, 3.8) is 0 Å². The first kappa shape index (κ1) is 15.7. The van der Waals surface area contributed by atoms with Gasteiger partial charge in [-0.3, -0.25) is 4.57 Å². The van der Waals surface area contributed by atoms with Crippen LogP contribution in [0.1, 0.15) is 31.9 Å². The molecular formula is C15H21N5O4. The Labute approximate surface area is 138 Å². The maximum absolute atomic E-state index is 10.2. The van der Waals surface area contributed by atoms with Crippen LogP contribution in [-0.2, 0) is 4.74 Å². The first-order valence-corrected chi connectivity index (χ1v) is 8.25. The molecule has 1 saturated heterocycles. The zero-order valence-corrected chi connectivity index (χ0v) is 13.1. The molecule has 4 rings (SSSR count). The highest BCUT2D eigenvalue weighted by Crippen LogP contribution is 2.32. The molecule has 0 radical (unpaired) electrons. The van der Waals surface area contributed by atoms with Crippen molar-refractivity contribution in [3.05, 3.63) is 12.7 Å². The van der Waals surface area contributed by atoms with Crippen molar-refractivity contribution in [2.75, 3.05) is 11.9 Å². The van der Waals surface area contributed by atoms with Gasteiger partial charge in [-0.15, -0.1) is 0 Å². The second kappa shape index (κ2) is 6.25. The minimum Gasteiger partial charge on any atom is -0.394 e. The van der Waals surface area contributed by atoms with Crippen LogP contribution in [0.2, 0.25) is 0 Å². The molecule has 9 nitrogen and oxygen atoms in total. The molecule has 24 heavy (non-hydrogen) atoms. The van der Waals surface area contributed by atoms with Gasteiger partial charge in [-0.2, -0.15) is 0 Å². The molecule has 2 aliphatic rings. The Morgan fingerprint density at radius 2 is 1.96 bits per heavy atom. The van der Waals surface area contributed by atoms with Crippen LogP contribution in [0.5, 0.6) is 0 Å². The number of aliphatic hydroxyl groups excluding tert-OH is 3. The Morgan fingerprint density at radius 3 is 2.67 bits per heavy atom. The fraction of sp³-hybridized carbons (Fsp3) is 0.667. The Morgan fingerprint density at radius 1 is 1.17 bits per heavy atom. The van der Waals surface area contributed by atoms with Gasteiger partial charge in [0.15, 0.2) is 23.2 Å². The van der Waals surface area contributed by atoms with Crippen LogP contribution in [0.25, 0.3) is 11.2 Å². The third-order valence-electron chi connectivity index (χ3n) is 4.85. The molecule has 1 aliphatic heterocycles. The van der Waals surface area contributed by atoms with Crippen LogP contribution in [0.15, 0.2) is 12.7 Å². The van der Waals surface area contributed by atoms with E-state index in [1.807, 2.05) is 0 Å². The normalized spacial score (nSPS) is 31.1. The van der Waals surface area contributed by atoms with Gasteiger partial charge in [0.2, 0.25) is 0 Å². The van der Waals surface area contributed by atoms with Crippen molar-refractivity contribution < 1.29 is 20.1 Å². The summed E-state index contributed by atoms with van der Waals surface area (Å²) in [5, 5.41) is 32.8. The van der Waals surface area contributed by atoms with Gasteiger partial charge in [0.25, 0.3) is 0 Å². The molecule has 0 bridgehead atoms. The number of hydrogen-bond acceptors (Lipinski definition) is 8. The number of nitrogens with one attached hydrogen (secondary N) is 1. The van der Waals surface area contributed by atoms with Gasteiger partial charge in [0.1, 0.15) is 24.6 Å². The number of ether oxygens (including phenoxy) is 1. The first-order valence-electron chi connectivity index (χ1n) is 8.25. The SMILES string of the molecule is OC[C@@H]1O[C@H](n2cnc3c(NC4CCCC4)ncnc32)[C@@H](O)[C@H]1O. The monoisotopic (exact) mass is 335 g/mol. The molecule has 1 aliphatic carbocycles. The molecule has 0 unspecified atom stereocenters. The van der Waals surface area contributed by atoms with Gasteiger partial charge in [0, 0.05) is 6.04 Å². The van der Waals surface area contributed by atoms with Crippen molar-refractivity contribution >= 4 is 17.0 Å². The van der Waals surface area contributed by atoms with Gasteiger partial charge in [0.05, 0.1) is 12.9 Å². The topological polar surface area (TPSA) is 126 Å². The molecule has 3 heterocycles. The lowest BCUT2D eigenvalue weighted by Gasteiger charge is -2.17. The minimum atomic E-state index is -1.17. The van der Waals surface area contributed by atoms with Crippen molar-refractivity contribution in [2.24, 2.45) is 0 Å². The molecule has 1 saturated carbocycles. The summed E-state index contributed by atoms with van der Waals surface area (Å²) >= 11 is 0. The van der Waals surface area contributed by atoms with E-state index in [0.29, 0.717) is 23.0 Å². The largest absolute Gasteiger partial charge is 0.394 e. The third-order valence-corrected chi connectivity index (χ3v) is 4.85. The van der Waals surface area contributed by atoms with Gasteiger partial charge in [-0.25, -0.2) is 15.0 Å². The zero-order chi connectivity index (χ0) is 16.7. The van der Waals surface area contributed by atoms with E-state index < -0.39 is 24.5 Å². The number of imidazole rings is 1. The highest BCUT2D eigenvalue weighted by Gasteiger charge is 2.44. The summed E-state index contributed by atoms with van der Waals surface area (Å²) < 4.78 is 7.12. The molecule has 0 aromatic carbocycles. The molecule has 0 amide bonds. The summed E-state index contributed by atoms with van der Waals surface area (Å²) in [4.78, 5) is 12.9. The Hall–Kier alpha value is -1.81. The summed E-state index contributed by atoms with van der Waals surface area (Å²) in [7, 11) is 0. The second-order valence-corrected chi connectivity index (χ2v) is 6.40. The zero-order valence-electron chi connectivity index (χ0n) is 13.1. The smallest absolute Gasteiger partial charge is 0.167 e. The highest BCUT2D eigenvalue weighted by atomic mass is 16.6. The van der Waals surface area contributed by atoms with E-state index in [1.54, 1.807) is 4.57 Å². The van der Waals surface area contributed by atoms with E-state index in [1.165, 1.54) is 25.5 Å². The first-order chi connectivity index (χ1) is 11.7. The van der Waals surface area contributed by atoms with E-state index in [-0.39, 0.29) is 6.61 Å². The molecule has 4 atom stereocenters. The number of aromatic nitrogens is 4. The predicted molar refractivity (Wildman–Crippen MR) is 84.2 cm³/mol. The van der Waals surface area contributed by atoms with Gasteiger partial charge in [-0.05, 0) is 12.8 Å². The van der Waals surface area contributed by atoms with E-state index in [4.69, 9.17) is 4.74 Å². The number of rotatable bonds is 4. The molecule has 4 N–H and O–H groups in total. The summed E-state index contributed by atoms with van der Waals surface area (Å²) in [6.07, 6.45) is 3.60. The number of nitrogens with zero attached hydrogens (tertiary/aromatic N) is 4. The number of fused-ring (bicyclic) bond motifs is 1. The van der Waals surface area contributed by atoms with Gasteiger partial charge in [-0.1, -0.05) is 12.8 Å².